The number of imidazole rings is 1. The van der Waals surface area contributed by atoms with Crippen LogP contribution in [-0.2, 0) is 22.6 Å². The van der Waals surface area contributed by atoms with E-state index in [1.165, 1.54) is 6.08 Å². The van der Waals surface area contributed by atoms with Crippen molar-refractivity contribution >= 4 is 28.9 Å². The van der Waals surface area contributed by atoms with Crippen molar-refractivity contribution in [3.63, 3.8) is 0 Å². The number of aryl methyl sites for hydroxylation is 1. The molecule has 0 aliphatic carbocycles. The molecule has 1 heterocycles. The highest BCUT2D eigenvalue weighted by atomic mass is 16.5. The Morgan fingerprint density at radius 1 is 1.13 bits per heavy atom. The lowest BCUT2D eigenvalue weighted by molar-refractivity contribution is -0.127. The third kappa shape index (κ3) is 5.35. The second-order valence-electron chi connectivity index (χ2n) is 6.50. The molecule has 2 N–H and O–H groups in total. The average molecular weight is 404 g/mol. The van der Waals surface area contributed by atoms with E-state index in [9.17, 15) is 9.59 Å². The fraction of sp³-hybridized carbons (Fsp3) is 0.174. The molecule has 7 heteroatoms. The highest BCUT2D eigenvalue weighted by Gasteiger charge is 2.12. The molecule has 0 aliphatic heterocycles. The number of nitrogens with zero attached hydrogens (tertiary/aromatic N) is 2. The Hall–Kier alpha value is -3.87. The first-order valence-corrected chi connectivity index (χ1v) is 9.65. The molecule has 0 atom stereocenters. The monoisotopic (exact) mass is 404 g/mol. The van der Waals surface area contributed by atoms with Crippen molar-refractivity contribution in [2.24, 2.45) is 0 Å². The molecule has 0 aliphatic rings. The van der Waals surface area contributed by atoms with Crippen LogP contribution < -0.4 is 15.6 Å². The number of hydrogen-bond acceptors (Lipinski definition) is 4. The Labute approximate surface area is 175 Å². The topological polar surface area (TPSA) is 85.3 Å². The van der Waals surface area contributed by atoms with E-state index in [4.69, 9.17) is 4.74 Å². The maximum absolute atomic E-state index is 12.3. The fourth-order valence-electron chi connectivity index (χ4n) is 2.93. The number of para-hydroxylation sites is 2. The number of carbonyl (C=O) groups excluding carboxylic acids is 2. The third-order valence-electron chi connectivity index (χ3n) is 4.35. The number of aromatic nitrogens is 2. The van der Waals surface area contributed by atoms with Crippen molar-refractivity contribution in [2.45, 2.75) is 19.9 Å². The molecule has 2 aromatic carbocycles. The predicted molar refractivity (Wildman–Crippen MR) is 117 cm³/mol. The third-order valence-corrected chi connectivity index (χ3v) is 4.35. The van der Waals surface area contributed by atoms with Crippen LogP contribution in [0.4, 0.5) is 0 Å². The van der Waals surface area contributed by atoms with Crippen molar-refractivity contribution in [2.75, 3.05) is 6.61 Å². The van der Waals surface area contributed by atoms with Gasteiger partial charge < -0.3 is 9.30 Å². The molecule has 7 nitrogen and oxygen atoms in total. The number of hydrogen-bond donors (Lipinski definition) is 2. The van der Waals surface area contributed by atoms with Gasteiger partial charge in [-0.05, 0) is 35.9 Å². The summed E-state index contributed by atoms with van der Waals surface area (Å²) in [7, 11) is 0. The van der Waals surface area contributed by atoms with Gasteiger partial charge in [-0.25, -0.2) is 4.98 Å². The van der Waals surface area contributed by atoms with Gasteiger partial charge in [0, 0.05) is 12.5 Å². The molecule has 0 spiro atoms. The van der Waals surface area contributed by atoms with Gasteiger partial charge in [0.25, 0.3) is 11.8 Å². The first-order valence-electron chi connectivity index (χ1n) is 9.65. The van der Waals surface area contributed by atoms with E-state index in [0.29, 0.717) is 13.0 Å². The van der Waals surface area contributed by atoms with Gasteiger partial charge in [-0.2, -0.15) is 0 Å². The van der Waals surface area contributed by atoms with E-state index in [0.717, 1.165) is 28.2 Å². The first kappa shape index (κ1) is 20.9. The minimum atomic E-state index is -0.429. The molecule has 154 valence electrons. The number of nitrogens with one attached hydrogen (secondary N) is 2. The van der Waals surface area contributed by atoms with Crippen LogP contribution in [-0.4, -0.2) is 28.0 Å². The van der Waals surface area contributed by atoms with Crippen molar-refractivity contribution in [1.82, 2.24) is 20.4 Å². The fourth-order valence-corrected chi connectivity index (χ4v) is 2.93. The molecular formula is C23H24N4O3. The van der Waals surface area contributed by atoms with Crippen LogP contribution in [0.2, 0.25) is 0 Å². The average Bonchev–Trinajstić information content (AvgIpc) is 3.13. The van der Waals surface area contributed by atoms with Crippen LogP contribution in [0, 0.1) is 0 Å². The summed E-state index contributed by atoms with van der Waals surface area (Å²) in [6, 6.07) is 14.9. The number of carbonyl (C=O) groups is 2. The number of benzene rings is 2. The van der Waals surface area contributed by atoms with Gasteiger partial charge in [-0.15, -0.1) is 0 Å². The maximum Gasteiger partial charge on any atom is 0.262 e. The molecule has 0 radical (unpaired) electrons. The Kier molecular flexibility index (Phi) is 7.00. The second kappa shape index (κ2) is 10.1. The lowest BCUT2D eigenvalue weighted by atomic mass is 10.2. The number of fused-ring (bicyclic) bond motifs is 1. The molecule has 3 aromatic rings. The summed E-state index contributed by atoms with van der Waals surface area (Å²) >= 11 is 0. The summed E-state index contributed by atoms with van der Waals surface area (Å²) in [6.45, 7) is 6.09. The van der Waals surface area contributed by atoms with Crippen LogP contribution >= 0.6 is 0 Å². The molecule has 3 rings (SSSR count). The Balaban J connectivity index is 1.53. The van der Waals surface area contributed by atoms with E-state index in [1.54, 1.807) is 12.2 Å². The zero-order valence-corrected chi connectivity index (χ0v) is 16.8. The second-order valence-corrected chi connectivity index (χ2v) is 6.50. The number of amides is 2. The number of hydrazine groups is 1. The lowest BCUT2D eigenvalue weighted by Gasteiger charge is -2.09. The molecule has 0 bridgehead atoms. The normalized spacial score (nSPS) is 10.8. The van der Waals surface area contributed by atoms with Crippen LogP contribution in [0.25, 0.3) is 17.1 Å². The highest BCUT2D eigenvalue weighted by molar-refractivity contribution is 5.93. The van der Waals surface area contributed by atoms with Gasteiger partial charge >= 0.3 is 0 Å². The van der Waals surface area contributed by atoms with E-state index >= 15 is 0 Å². The Bertz CT molecular complexity index is 1070. The molecule has 1 aromatic heterocycles. The van der Waals surface area contributed by atoms with Gasteiger partial charge in [-0.1, -0.05) is 43.8 Å². The van der Waals surface area contributed by atoms with Crippen LogP contribution in [0.5, 0.6) is 5.75 Å². The molecule has 30 heavy (non-hydrogen) atoms. The van der Waals surface area contributed by atoms with Gasteiger partial charge in [-0.3, -0.25) is 20.4 Å². The maximum atomic E-state index is 12.3. The van der Waals surface area contributed by atoms with Crippen LogP contribution in [0.3, 0.4) is 0 Å². The quantitative estimate of drug-likeness (QED) is 0.343. The summed E-state index contributed by atoms with van der Waals surface area (Å²) in [4.78, 5) is 28.8. The number of rotatable bonds is 8. The predicted octanol–water partition coefficient (Wildman–Crippen LogP) is 3.02. The van der Waals surface area contributed by atoms with E-state index in [2.05, 4.69) is 22.4 Å². The van der Waals surface area contributed by atoms with Crippen molar-refractivity contribution in [3.05, 3.63) is 78.6 Å². The molecular weight excluding hydrogens is 380 g/mol. The standard InChI is InChI=1S/C23H24N4O3/c1-3-15-30-18-12-9-17(10-13-18)11-14-22(28)25-26-23(29)16-27-20-8-6-5-7-19(20)24-21(27)4-2/h3,5-14H,1,4,15-16H2,2H3,(H,25,28)(H,26,29)/b14-11+. The van der Waals surface area contributed by atoms with E-state index < -0.39 is 5.91 Å². The summed E-state index contributed by atoms with van der Waals surface area (Å²) in [5, 5.41) is 0. The summed E-state index contributed by atoms with van der Waals surface area (Å²) in [5.74, 6) is 0.778. The van der Waals surface area contributed by atoms with Gasteiger partial charge in [0.2, 0.25) is 0 Å². The zero-order chi connectivity index (χ0) is 21.3. The molecule has 0 saturated heterocycles. The van der Waals surface area contributed by atoms with Gasteiger partial charge in [0.05, 0.1) is 11.0 Å². The van der Waals surface area contributed by atoms with Crippen LogP contribution in [0.15, 0.2) is 67.3 Å². The molecule has 0 unspecified atom stereocenters. The largest absolute Gasteiger partial charge is 0.490 e. The van der Waals surface area contributed by atoms with Crippen molar-refractivity contribution in [3.8, 4) is 5.75 Å². The molecule has 0 fully saturated rings. The Morgan fingerprint density at radius 2 is 1.90 bits per heavy atom. The highest BCUT2D eigenvalue weighted by Crippen LogP contribution is 2.16. The summed E-state index contributed by atoms with van der Waals surface area (Å²) in [5.41, 5.74) is 7.39. The first-order chi connectivity index (χ1) is 14.6. The minimum Gasteiger partial charge on any atom is -0.490 e. The smallest absolute Gasteiger partial charge is 0.262 e. The SMILES string of the molecule is C=CCOc1ccc(/C=C/C(=O)NNC(=O)Cn2c(CC)nc3ccccc32)cc1. The molecule has 0 saturated carbocycles. The molecule has 2 amide bonds. The zero-order valence-electron chi connectivity index (χ0n) is 16.8. The lowest BCUT2D eigenvalue weighted by Crippen LogP contribution is -2.42. The van der Waals surface area contributed by atoms with Crippen LogP contribution in [0.1, 0.15) is 18.3 Å². The van der Waals surface area contributed by atoms with E-state index in [-0.39, 0.29) is 12.5 Å². The summed E-state index contributed by atoms with van der Waals surface area (Å²) < 4.78 is 7.26. The minimum absolute atomic E-state index is 0.0693. The van der Waals surface area contributed by atoms with Gasteiger partial charge in [0.1, 0.15) is 24.7 Å². The van der Waals surface area contributed by atoms with E-state index in [1.807, 2.05) is 60.0 Å². The van der Waals surface area contributed by atoms with Crippen molar-refractivity contribution in [1.29, 1.82) is 0 Å². The summed E-state index contributed by atoms with van der Waals surface area (Å²) in [6.07, 6.45) is 5.38. The number of ether oxygens (including phenoxy) is 1. The Morgan fingerprint density at radius 3 is 2.63 bits per heavy atom. The van der Waals surface area contributed by atoms with Gasteiger partial charge in [0.15, 0.2) is 0 Å². The van der Waals surface area contributed by atoms with Crippen molar-refractivity contribution < 1.29 is 14.3 Å².